The van der Waals surface area contributed by atoms with Gasteiger partial charge in [-0.15, -0.1) is 0 Å². The van der Waals surface area contributed by atoms with E-state index in [0.29, 0.717) is 5.56 Å². The summed E-state index contributed by atoms with van der Waals surface area (Å²) in [5.74, 6) is -0.648. The molecule has 5 heteroatoms. The highest BCUT2D eigenvalue weighted by Crippen LogP contribution is 2.27. The van der Waals surface area contributed by atoms with Gasteiger partial charge in [0.2, 0.25) is 0 Å². The molecular formula is C12H16FNO3. The number of benzene rings is 1. The van der Waals surface area contributed by atoms with Crippen LogP contribution in [0.2, 0.25) is 0 Å². The lowest BCUT2D eigenvalue weighted by Crippen LogP contribution is -2.28. The van der Waals surface area contributed by atoms with Crippen LogP contribution in [0, 0.1) is 21.3 Å². The highest BCUT2D eigenvalue weighted by Gasteiger charge is 2.25. The van der Waals surface area contributed by atoms with Gasteiger partial charge in [0.1, 0.15) is 5.82 Å². The molecule has 1 atom stereocenters. The van der Waals surface area contributed by atoms with E-state index in [1.807, 2.05) is 20.8 Å². The second-order valence-corrected chi connectivity index (χ2v) is 5.12. The van der Waals surface area contributed by atoms with Crippen LogP contribution >= 0.6 is 0 Å². The molecule has 0 fully saturated rings. The molecule has 1 aromatic carbocycles. The van der Waals surface area contributed by atoms with E-state index >= 15 is 0 Å². The lowest BCUT2D eigenvalue weighted by molar-refractivity contribution is -0.385. The molecule has 94 valence electrons. The van der Waals surface area contributed by atoms with Crippen molar-refractivity contribution in [2.75, 3.05) is 0 Å². The molecule has 0 aliphatic heterocycles. The van der Waals surface area contributed by atoms with Crippen molar-refractivity contribution in [1.29, 1.82) is 0 Å². The highest BCUT2D eigenvalue weighted by molar-refractivity contribution is 5.40. The van der Waals surface area contributed by atoms with Gasteiger partial charge in [0, 0.05) is 12.0 Å². The molecule has 0 heterocycles. The Kier molecular flexibility index (Phi) is 3.83. The molecule has 1 unspecified atom stereocenters. The van der Waals surface area contributed by atoms with Crippen molar-refractivity contribution in [1.82, 2.24) is 0 Å². The van der Waals surface area contributed by atoms with Gasteiger partial charge in [-0.3, -0.25) is 10.1 Å². The third-order valence-electron chi connectivity index (χ3n) is 2.66. The Bertz CT molecular complexity index is 426. The van der Waals surface area contributed by atoms with Crippen molar-refractivity contribution in [3.05, 3.63) is 39.7 Å². The van der Waals surface area contributed by atoms with Crippen LogP contribution in [0.1, 0.15) is 26.3 Å². The summed E-state index contributed by atoms with van der Waals surface area (Å²) in [6, 6.07) is 3.39. The van der Waals surface area contributed by atoms with Gasteiger partial charge in [-0.1, -0.05) is 20.8 Å². The Morgan fingerprint density at radius 2 is 2.06 bits per heavy atom. The number of halogens is 1. The molecule has 0 aliphatic carbocycles. The van der Waals surface area contributed by atoms with Crippen molar-refractivity contribution < 1.29 is 14.4 Å². The van der Waals surface area contributed by atoms with Crippen LogP contribution in [0.25, 0.3) is 0 Å². The van der Waals surface area contributed by atoms with Gasteiger partial charge in [-0.25, -0.2) is 4.39 Å². The summed E-state index contributed by atoms with van der Waals surface area (Å²) in [6.07, 6.45) is -0.577. The Balaban J connectivity index is 3.03. The average Bonchev–Trinajstić information content (AvgIpc) is 2.18. The van der Waals surface area contributed by atoms with Gasteiger partial charge in [0.05, 0.1) is 17.1 Å². The molecule has 1 aromatic rings. The van der Waals surface area contributed by atoms with Crippen molar-refractivity contribution in [3.63, 3.8) is 0 Å². The number of nitro benzene ring substituents is 1. The van der Waals surface area contributed by atoms with Gasteiger partial charge in [-0.2, -0.15) is 0 Å². The Morgan fingerprint density at radius 3 is 2.53 bits per heavy atom. The monoisotopic (exact) mass is 241 g/mol. The third-order valence-corrected chi connectivity index (χ3v) is 2.66. The standard InChI is InChI=1S/C12H16FNO3/c1-12(2,3)11(15)6-8-4-5-9(13)7-10(8)14(16)17/h4-5,7,11,15H,6H2,1-3H3. The maximum absolute atomic E-state index is 12.9. The second-order valence-electron chi connectivity index (χ2n) is 5.12. The SMILES string of the molecule is CC(C)(C)C(O)Cc1ccc(F)cc1[N+](=O)[O-]. The zero-order valence-electron chi connectivity index (χ0n) is 10.1. The van der Waals surface area contributed by atoms with Crippen molar-refractivity contribution >= 4 is 5.69 Å². The molecule has 4 nitrogen and oxygen atoms in total. The van der Waals surface area contributed by atoms with E-state index < -0.39 is 16.8 Å². The summed E-state index contributed by atoms with van der Waals surface area (Å²) in [7, 11) is 0. The lowest BCUT2D eigenvalue weighted by Gasteiger charge is -2.25. The van der Waals surface area contributed by atoms with E-state index in [9.17, 15) is 19.6 Å². The van der Waals surface area contributed by atoms with Gasteiger partial charge in [-0.05, 0) is 17.5 Å². The Hall–Kier alpha value is -1.49. The van der Waals surface area contributed by atoms with E-state index in [2.05, 4.69) is 0 Å². The molecule has 0 saturated carbocycles. The van der Waals surface area contributed by atoms with Crippen molar-refractivity contribution in [2.45, 2.75) is 33.3 Å². The first-order valence-electron chi connectivity index (χ1n) is 5.32. The van der Waals surface area contributed by atoms with E-state index in [1.54, 1.807) is 0 Å². The summed E-state index contributed by atoms with van der Waals surface area (Å²) >= 11 is 0. The normalized spacial score (nSPS) is 13.5. The molecule has 0 aromatic heterocycles. The van der Waals surface area contributed by atoms with E-state index in [1.165, 1.54) is 6.07 Å². The molecule has 0 radical (unpaired) electrons. The fraction of sp³-hybridized carbons (Fsp3) is 0.500. The third kappa shape index (κ3) is 3.49. The van der Waals surface area contributed by atoms with Crippen molar-refractivity contribution in [3.8, 4) is 0 Å². The molecule has 0 amide bonds. The smallest absolute Gasteiger partial charge is 0.275 e. The molecule has 17 heavy (non-hydrogen) atoms. The molecule has 0 saturated heterocycles. The molecule has 0 spiro atoms. The molecule has 0 bridgehead atoms. The van der Waals surface area contributed by atoms with Gasteiger partial charge in [0.15, 0.2) is 0 Å². The van der Waals surface area contributed by atoms with Gasteiger partial charge < -0.3 is 5.11 Å². The number of hydrogen-bond donors (Lipinski definition) is 1. The average molecular weight is 241 g/mol. The Morgan fingerprint density at radius 1 is 1.47 bits per heavy atom. The minimum atomic E-state index is -0.716. The zero-order chi connectivity index (χ0) is 13.2. The lowest BCUT2D eigenvalue weighted by atomic mass is 9.85. The number of hydrogen-bond acceptors (Lipinski definition) is 3. The van der Waals surface area contributed by atoms with Gasteiger partial charge in [0.25, 0.3) is 5.69 Å². The minimum absolute atomic E-state index is 0.139. The van der Waals surface area contributed by atoms with E-state index in [-0.39, 0.29) is 17.5 Å². The number of aliphatic hydroxyl groups is 1. The molecular weight excluding hydrogens is 225 g/mol. The number of nitrogens with zero attached hydrogens (tertiary/aromatic N) is 1. The molecule has 1 N–H and O–H groups in total. The predicted molar refractivity (Wildman–Crippen MR) is 62.2 cm³/mol. The summed E-state index contributed by atoms with van der Waals surface area (Å²) in [4.78, 5) is 10.1. The number of aliphatic hydroxyl groups excluding tert-OH is 1. The van der Waals surface area contributed by atoms with E-state index in [4.69, 9.17) is 0 Å². The van der Waals surface area contributed by atoms with Crippen LogP contribution < -0.4 is 0 Å². The fourth-order valence-corrected chi connectivity index (χ4v) is 1.39. The van der Waals surface area contributed by atoms with Gasteiger partial charge >= 0.3 is 0 Å². The first-order valence-corrected chi connectivity index (χ1v) is 5.32. The maximum atomic E-state index is 12.9. The van der Waals surface area contributed by atoms with Crippen LogP contribution in [-0.2, 0) is 6.42 Å². The zero-order valence-corrected chi connectivity index (χ0v) is 10.1. The number of rotatable bonds is 3. The molecule has 0 aliphatic rings. The first kappa shape index (κ1) is 13.6. The maximum Gasteiger partial charge on any atom is 0.275 e. The summed E-state index contributed by atoms with van der Waals surface area (Å²) < 4.78 is 12.9. The van der Waals surface area contributed by atoms with Crippen LogP contribution in [0.3, 0.4) is 0 Å². The van der Waals surface area contributed by atoms with Crippen LogP contribution in [0.15, 0.2) is 18.2 Å². The minimum Gasteiger partial charge on any atom is -0.392 e. The topological polar surface area (TPSA) is 63.4 Å². The Labute approximate surface area is 99.2 Å². The van der Waals surface area contributed by atoms with Crippen LogP contribution in [0.4, 0.5) is 10.1 Å². The largest absolute Gasteiger partial charge is 0.392 e. The van der Waals surface area contributed by atoms with Crippen LogP contribution in [0.5, 0.6) is 0 Å². The summed E-state index contributed by atoms with van der Waals surface area (Å²) in [5.41, 5.74) is -0.311. The van der Waals surface area contributed by atoms with Crippen LogP contribution in [-0.4, -0.2) is 16.1 Å². The summed E-state index contributed by atoms with van der Waals surface area (Å²) in [5, 5.41) is 20.7. The number of nitro groups is 1. The quantitative estimate of drug-likeness (QED) is 0.653. The highest BCUT2D eigenvalue weighted by atomic mass is 19.1. The molecule has 1 rings (SSSR count). The summed E-state index contributed by atoms with van der Waals surface area (Å²) in [6.45, 7) is 5.52. The first-order chi connectivity index (χ1) is 7.71. The predicted octanol–water partition coefficient (Wildman–Crippen LogP) is 2.68. The van der Waals surface area contributed by atoms with Crippen molar-refractivity contribution in [2.24, 2.45) is 5.41 Å². The second kappa shape index (κ2) is 4.79. The van der Waals surface area contributed by atoms with E-state index in [0.717, 1.165) is 12.1 Å². The fourth-order valence-electron chi connectivity index (χ4n) is 1.39.